The highest BCUT2D eigenvalue weighted by molar-refractivity contribution is 5.03. The van der Waals surface area contributed by atoms with Gasteiger partial charge in [0.2, 0.25) is 0 Å². The normalized spacial score (nSPS) is 21.9. The molecule has 0 bridgehead atoms. The Hall–Kier alpha value is -0.560. The van der Waals surface area contributed by atoms with Crippen molar-refractivity contribution in [1.29, 1.82) is 0 Å². The third kappa shape index (κ3) is 3.38. The van der Waals surface area contributed by atoms with E-state index in [0.717, 1.165) is 5.92 Å². The highest BCUT2D eigenvalue weighted by Crippen LogP contribution is 2.12. The van der Waals surface area contributed by atoms with Gasteiger partial charge in [0.25, 0.3) is 0 Å². The summed E-state index contributed by atoms with van der Waals surface area (Å²) >= 11 is 0. The maximum atomic E-state index is 3.35. The van der Waals surface area contributed by atoms with Gasteiger partial charge < -0.3 is 5.32 Å². The number of piperidine rings is 1. The van der Waals surface area contributed by atoms with Crippen molar-refractivity contribution in [3.8, 4) is 0 Å². The van der Waals surface area contributed by atoms with Crippen LogP contribution in [0.2, 0.25) is 0 Å². The number of hydrogen-bond donors (Lipinski definition) is 1. The maximum absolute atomic E-state index is 3.35. The summed E-state index contributed by atoms with van der Waals surface area (Å²) in [5.41, 5.74) is 0. The van der Waals surface area contributed by atoms with Crippen LogP contribution in [0.3, 0.4) is 0 Å². The molecule has 1 rings (SSSR count). The third-order valence-corrected chi connectivity index (χ3v) is 2.07. The van der Waals surface area contributed by atoms with Crippen LogP contribution in [0.15, 0.2) is 24.3 Å². The zero-order valence-electron chi connectivity index (χ0n) is 7.22. The van der Waals surface area contributed by atoms with Crippen molar-refractivity contribution >= 4 is 0 Å². The molecule has 0 amide bonds. The van der Waals surface area contributed by atoms with Gasteiger partial charge in [0, 0.05) is 0 Å². The number of hydrogen-bond acceptors (Lipinski definition) is 1. The van der Waals surface area contributed by atoms with Crippen LogP contribution >= 0.6 is 0 Å². The second-order valence-electron chi connectivity index (χ2n) is 3.00. The van der Waals surface area contributed by atoms with Crippen molar-refractivity contribution in [3.05, 3.63) is 24.3 Å². The van der Waals surface area contributed by atoms with Crippen molar-refractivity contribution in [2.45, 2.75) is 19.8 Å². The third-order valence-electron chi connectivity index (χ3n) is 2.07. The Labute approximate surface area is 69.2 Å². The molecule has 1 fully saturated rings. The molecule has 0 unspecified atom stereocenters. The maximum Gasteiger partial charge on any atom is -0.00433 e. The topological polar surface area (TPSA) is 12.0 Å². The van der Waals surface area contributed by atoms with Crippen LogP contribution in [0.4, 0.5) is 0 Å². The second kappa shape index (κ2) is 5.14. The summed E-state index contributed by atoms with van der Waals surface area (Å²) in [7, 11) is 0. The Morgan fingerprint density at radius 1 is 1.18 bits per heavy atom. The fourth-order valence-electron chi connectivity index (χ4n) is 1.37. The first kappa shape index (κ1) is 8.54. The minimum atomic E-state index is 0.812. The van der Waals surface area contributed by atoms with Gasteiger partial charge in [-0.1, -0.05) is 24.3 Å². The van der Waals surface area contributed by atoms with E-state index >= 15 is 0 Å². The molecule has 1 saturated heterocycles. The monoisotopic (exact) mass is 151 g/mol. The summed E-state index contributed by atoms with van der Waals surface area (Å²) in [4.78, 5) is 0. The Morgan fingerprint density at radius 3 is 2.55 bits per heavy atom. The van der Waals surface area contributed by atoms with Gasteiger partial charge in [-0.25, -0.2) is 0 Å². The smallest absolute Gasteiger partial charge is 0.00433 e. The van der Waals surface area contributed by atoms with Crippen molar-refractivity contribution in [2.75, 3.05) is 13.1 Å². The summed E-state index contributed by atoms with van der Waals surface area (Å²) in [6.07, 6.45) is 11.2. The Morgan fingerprint density at radius 2 is 1.91 bits per heavy atom. The standard InChI is InChI=1S/C10H17N/c1-2-3-4-5-10-6-8-11-9-7-10/h2-5,10-11H,6-9H2,1H3. The van der Waals surface area contributed by atoms with Gasteiger partial charge in [-0.2, -0.15) is 0 Å². The molecule has 1 heteroatoms. The van der Waals surface area contributed by atoms with Gasteiger partial charge in [-0.15, -0.1) is 0 Å². The second-order valence-corrected chi connectivity index (χ2v) is 3.00. The van der Waals surface area contributed by atoms with Gasteiger partial charge in [0.1, 0.15) is 0 Å². The van der Waals surface area contributed by atoms with Crippen LogP contribution in [-0.2, 0) is 0 Å². The minimum absolute atomic E-state index is 0.812. The summed E-state index contributed by atoms with van der Waals surface area (Å²) in [6, 6.07) is 0. The molecule has 1 nitrogen and oxygen atoms in total. The molecular formula is C10H17N. The summed E-state index contributed by atoms with van der Waals surface area (Å²) in [5, 5.41) is 3.35. The van der Waals surface area contributed by atoms with Crippen LogP contribution in [-0.4, -0.2) is 13.1 Å². The molecule has 0 saturated carbocycles. The lowest BCUT2D eigenvalue weighted by Gasteiger charge is -2.18. The fraction of sp³-hybridized carbons (Fsp3) is 0.600. The molecule has 62 valence electrons. The molecule has 0 atom stereocenters. The molecule has 1 heterocycles. The van der Waals surface area contributed by atoms with E-state index in [1.807, 2.05) is 6.92 Å². The van der Waals surface area contributed by atoms with E-state index in [9.17, 15) is 0 Å². The first-order valence-electron chi connectivity index (χ1n) is 4.43. The number of rotatable bonds is 2. The molecule has 0 aromatic carbocycles. The van der Waals surface area contributed by atoms with E-state index in [-0.39, 0.29) is 0 Å². The highest BCUT2D eigenvalue weighted by Gasteiger charge is 2.07. The molecule has 0 spiro atoms. The van der Waals surface area contributed by atoms with Crippen LogP contribution in [0.25, 0.3) is 0 Å². The Balaban J connectivity index is 2.23. The summed E-state index contributed by atoms with van der Waals surface area (Å²) < 4.78 is 0. The SMILES string of the molecule is CC=CC=CC1CCNCC1. The van der Waals surface area contributed by atoms with E-state index in [4.69, 9.17) is 0 Å². The number of allylic oxidation sites excluding steroid dienone is 4. The first-order valence-corrected chi connectivity index (χ1v) is 4.43. The van der Waals surface area contributed by atoms with Gasteiger partial charge in [-0.05, 0) is 38.8 Å². The fourth-order valence-corrected chi connectivity index (χ4v) is 1.37. The van der Waals surface area contributed by atoms with E-state index in [1.54, 1.807) is 0 Å². The van der Waals surface area contributed by atoms with Gasteiger partial charge in [-0.3, -0.25) is 0 Å². The summed E-state index contributed by atoms with van der Waals surface area (Å²) in [6.45, 7) is 4.42. The zero-order chi connectivity index (χ0) is 7.94. The average Bonchev–Trinajstić information content (AvgIpc) is 2.07. The van der Waals surface area contributed by atoms with E-state index in [1.165, 1.54) is 25.9 Å². The molecular weight excluding hydrogens is 134 g/mol. The first-order chi connectivity index (χ1) is 5.43. The van der Waals surface area contributed by atoms with Crippen molar-refractivity contribution in [2.24, 2.45) is 5.92 Å². The Bertz CT molecular complexity index is 141. The quantitative estimate of drug-likeness (QED) is 0.596. The predicted octanol–water partition coefficient (Wildman–Crippen LogP) is 2.12. The largest absolute Gasteiger partial charge is 0.317 e. The van der Waals surface area contributed by atoms with Crippen molar-refractivity contribution in [1.82, 2.24) is 5.32 Å². The lowest BCUT2D eigenvalue weighted by Crippen LogP contribution is -2.26. The molecule has 1 aliphatic rings. The molecule has 0 aliphatic carbocycles. The molecule has 1 aliphatic heterocycles. The van der Waals surface area contributed by atoms with Crippen molar-refractivity contribution < 1.29 is 0 Å². The molecule has 0 radical (unpaired) electrons. The van der Waals surface area contributed by atoms with Gasteiger partial charge in [0.15, 0.2) is 0 Å². The molecule has 11 heavy (non-hydrogen) atoms. The van der Waals surface area contributed by atoms with E-state index in [0.29, 0.717) is 0 Å². The lowest BCUT2D eigenvalue weighted by atomic mass is 9.98. The average molecular weight is 151 g/mol. The van der Waals surface area contributed by atoms with Crippen LogP contribution < -0.4 is 5.32 Å². The zero-order valence-corrected chi connectivity index (χ0v) is 7.22. The van der Waals surface area contributed by atoms with Crippen LogP contribution in [0, 0.1) is 5.92 Å². The number of nitrogens with one attached hydrogen (secondary N) is 1. The van der Waals surface area contributed by atoms with E-state index in [2.05, 4.69) is 29.6 Å². The van der Waals surface area contributed by atoms with Crippen LogP contribution in [0.1, 0.15) is 19.8 Å². The van der Waals surface area contributed by atoms with Gasteiger partial charge >= 0.3 is 0 Å². The van der Waals surface area contributed by atoms with Crippen LogP contribution in [0.5, 0.6) is 0 Å². The predicted molar refractivity (Wildman–Crippen MR) is 49.5 cm³/mol. The summed E-state index contributed by atoms with van der Waals surface area (Å²) in [5.74, 6) is 0.812. The highest BCUT2D eigenvalue weighted by atomic mass is 14.9. The van der Waals surface area contributed by atoms with E-state index < -0.39 is 0 Å². The van der Waals surface area contributed by atoms with Crippen molar-refractivity contribution in [3.63, 3.8) is 0 Å². The Kier molecular flexibility index (Phi) is 3.99. The minimum Gasteiger partial charge on any atom is -0.317 e. The lowest BCUT2D eigenvalue weighted by molar-refractivity contribution is 0.436. The molecule has 1 N–H and O–H groups in total. The van der Waals surface area contributed by atoms with Gasteiger partial charge in [0.05, 0.1) is 0 Å². The molecule has 0 aromatic heterocycles. The molecule has 0 aromatic rings.